The number of amides is 1. The molecule has 3 N–H and O–H groups in total. The van der Waals surface area contributed by atoms with E-state index in [1.807, 2.05) is 0 Å². The number of thioether (sulfide) groups is 1. The molecule has 0 bridgehead atoms. The molecule has 0 aliphatic heterocycles. The zero-order valence-electron chi connectivity index (χ0n) is 20.4. The Morgan fingerprint density at radius 1 is 0.868 bits per heavy atom. The lowest BCUT2D eigenvalue weighted by Crippen LogP contribution is -2.15. The van der Waals surface area contributed by atoms with E-state index in [2.05, 4.69) is 5.32 Å². The van der Waals surface area contributed by atoms with Gasteiger partial charge in [-0.05, 0) is 72.8 Å². The Bertz CT molecular complexity index is 1470. The summed E-state index contributed by atoms with van der Waals surface area (Å²) >= 11 is 8.20. The lowest BCUT2D eigenvalue weighted by atomic mass is 10.1. The maximum absolute atomic E-state index is 13.3. The maximum Gasteiger partial charge on any atom is 0.259 e. The Balaban J connectivity index is 1.64. The molecule has 10 heteroatoms. The number of anilines is 2. The van der Waals surface area contributed by atoms with Gasteiger partial charge in [-0.1, -0.05) is 11.6 Å². The highest BCUT2D eigenvalue weighted by Gasteiger charge is 2.27. The zero-order valence-corrected chi connectivity index (χ0v) is 22.8. The van der Waals surface area contributed by atoms with Crippen LogP contribution in [0, 0.1) is 0 Å². The number of Topliss-reactive ketones (excluding diaryl/α,β-unsaturated/α-hetero) is 1. The van der Waals surface area contributed by atoms with Crippen molar-refractivity contribution in [1.82, 2.24) is 0 Å². The molecule has 0 spiro atoms. The van der Waals surface area contributed by atoms with Gasteiger partial charge < -0.3 is 20.5 Å². The Hall–Kier alpha value is -3.79. The first kappa shape index (κ1) is 27.3. The van der Waals surface area contributed by atoms with Crippen molar-refractivity contribution in [1.29, 1.82) is 0 Å². The van der Waals surface area contributed by atoms with Crippen LogP contribution >= 0.6 is 34.7 Å². The Labute approximate surface area is 232 Å². The second kappa shape index (κ2) is 12.2. The third kappa shape index (κ3) is 6.19. The van der Waals surface area contributed by atoms with E-state index in [0.717, 1.165) is 23.1 Å². The van der Waals surface area contributed by atoms with Crippen molar-refractivity contribution in [2.75, 3.05) is 31.0 Å². The molecule has 1 aromatic heterocycles. The molecular weight excluding hydrogens is 544 g/mol. The molecule has 1 heterocycles. The SMILES string of the molecule is COc1ccc(C(=O)CSc2sc(C(=O)c3ccc(OC)cc3)c(N)c2C(=O)Nc2ccc(Cl)cc2)cc1. The number of halogens is 1. The highest BCUT2D eigenvalue weighted by atomic mass is 35.5. The number of carbonyl (C=O) groups excluding carboxylic acids is 3. The average molecular weight is 567 g/mol. The first-order valence-electron chi connectivity index (χ1n) is 11.3. The first-order chi connectivity index (χ1) is 18.3. The smallest absolute Gasteiger partial charge is 0.259 e. The Morgan fingerprint density at radius 3 is 1.97 bits per heavy atom. The van der Waals surface area contributed by atoms with E-state index in [0.29, 0.717) is 37.5 Å². The predicted molar refractivity (Wildman–Crippen MR) is 153 cm³/mol. The van der Waals surface area contributed by atoms with Crippen molar-refractivity contribution in [3.8, 4) is 11.5 Å². The van der Waals surface area contributed by atoms with Gasteiger partial charge in [-0.3, -0.25) is 14.4 Å². The first-order valence-corrected chi connectivity index (χ1v) is 13.5. The molecule has 0 aliphatic rings. The number of hydrogen-bond donors (Lipinski definition) is 2. The molecule has 4 aromatic rings. The van der Waals surface area contributed by atoms with Crippen molar-refractivity contribution in [2.24, 2.45) is 0 Å². The van der Waals surface area contributed by atoms with Crippen LogP contribution in [0.5, 0.6) is 11.5 Å². The number of carbonyl (C=O) groups is 3. The van der Waals surface area contributed by atoms with Crippen molar-refractivity contribution < 1.29 is 23.9 Å². The third-order valence-electron chi connectivity index (χ3n) is 5.55. The minimum Gasteiger partial charge on any atom is -0.497 e. The molecular formula is C28H23ClN2O5S2. The fourth-order valence-corrected chi connectivity index (χ4v) is 5.98. The average Bonchev–Trinajstić information content (AvgIpc) is 3.28. The number of benzene rings is 3. The Kier molecular flexibility index (Phi) is 8.73. The minimum atomic E-state index is -0.491. The summed E-state index contributed by atoms with van der Waals surface area (Å²) in [6, 6.07) is 20.0. The van der Waals surface area contributed by atoms with Crippen molar-refractivity contribution >= 4 is 63.5 Å². The fraction of sp³-hybridized carbons (Fsp3) is 0.107. The van der Waals surface area contributed by atoms with Gasteiger partial charge in [0, 0.05) is 21.8 Å². The lowest BCUT2D eigenvalue weighted by Gasteiger charge is -2.08. The van der Waals surface area contributed by atoms with Crippen LogP contribution < -0.4 is 20.5 Å². The topological polar surface area (TPSA) is 108 Å². The van der Waals surface area contributed by atoms with Crippen LogP contribution in [0.25, 0.3) is 0 Å². The molecule has 0 aliphatic carbocycles. The van der Waals surface area contributed by atoms with Gasteiger partial charge in [-0.25, -0.2) is 0 Å². The zero-order chi connectivity index (χ0) is 27.2. The van der Waals surface area contributed by atoms with Gasteiger partial charge in [0.15, 0.2) is 5.78 Å². The van der Waals surface area contributed by atoms with Crippen LogP contribution in [0.1, 0.15) is 36.0 Å². The van der Waals surface area contributed by atoms with Crippen LogP contribution in [-0.4, -0.2) is 37.4 Å². The number of rotatable bonds is 10. The van der Waals surface area contributed by atoms with Gasteiger partial charge in [0.1, 0.15) is 11.5 Å². The van der Waals surface area contributed by atoms with Crippen LogP contribution in [0.3, 0.4) is 0 Å². The van der Waals surface area contributed by atoms with Crippen LogP contribution in [0.2, 0.25) is 5.02 Å². The van der Waals surface area contributed by atoms with E-state index >= 15 is 0 Å². The molecule has 4 rings (SSSR count). The summed E-state index contributed by atoms with van der Waals surface area (Å²) in [7, 11) is 3.09. The molecule has 38 heavy (non-hydrogen) atoms. The van der Waals surface area contributed by atoms with Gasteiger partial charge >= 0.3 is 0 Å². The predicted octanol–water partition coefficient (Wildman–Crippen LogP) is 6.46. The van der Waals surface area contributed by atoms with E-state index in [1.165, 1.54) is 7.11 Å². The minimum absolute atomic E-state index is 0.0453. The highest BCUT2D eigenvalue weighted by Crippen LogP contribution is 2.40. The monoisotopic (exact) mass is 566 g/mol. The van der Waals surface area contributed by atoms with Gasteiger partial charge in [0.2, 0.25) is 5.78 Å². The quantitative estimate of drug-likeness (QED) is 0.167. The summed E-state index contributed by atoms with van der Waals surface area (Å²) in [5.74, 6) is 0.332. The lowest BCUT2D eigenvalue weighted by molar-refractivity contribution is 0.101. The van der Waals surface area contributed by atoms with Gasteiger partial charge in [-0.2, -0.15) is 0 Å². The van der Waals surface area contributed by atoms with Crippen molar-refractivity contribution in [3.63, 3.8) is 0 Å². The molecule has 0 atom stereocenters. The normalized spacial score (nSPS) is 10.6. The standard InChI is InChI=1S/C28H23ClN2O5S2/c1-35-20-11-3-16(4-12-20)22(32)15-37-28-23(27(34)31-19-9-7-18(29)8-10-19)24(30)26(38-28)25(33)17-5-13-21(36-2)14-6-17/h3-14H,15,30H2,1-2H3,(H,31,34). The van der Waals surface area contributed by atoms with Crippen LogP contribution in [0.4, 0.5) is 11.4 Å². The number of hydrogen-bond acceptors (Lipinski definition) is 8. The molecule has 0 radical (unpaired) electrons. The largest absolute Gasteiger partial charge is 0.497 e. The van der Waals surface area contributed by atoms with Gasteiger partial charge in [0.05, 0.1) is 40.3 Å². The van der Waals surface area contributed by atoms with Gasteiger partial charge in [-0.15, -0.1) is 23.1 Å². The summed E-state index contributed by atoms with van der Waals surface area (Å²) in [6.45, 7) is 0. The number of methoxy groups -OCH3 is 2. The highest BCUT2D eigenvalue weighted by molar-refractivity contribution is 8.01. The number of ether oxygens (including phenoxy) is 2. The molecule has 0 saturated carbocycles. The number of nitrogens with two attached hydrogens (primary N) is 1. The summed E-state index contributed by atoms with van der Waals surface area (Å²) in [6.07, 6.45) is 0. The summed E-state index contributed by atoms with van der Waals surface area (Å²) in [4.78, 5) is 39.7. The van der Waals surface area contributed by atoms with Gasteiger partial charge in [0.25, 0.3) is 5.91 Å². The molecule has 0 unspecified atom stereocenters. The number of ketones is 2. The number of nitrogen functional groups attached to an aromatic ring is 1. The summed E-state index contributed by atoms with van der Waals surface area (Å²) in [5.41, 5.74) is 8.02. The van der Waals surface area contributed by atoms with E-state index in [1.54, 1.807) is 79.9 Å². The molecule has 0 saturated heterocycles. The molecule has 3 aromatic carbocycles. The summed E-state index contributed by atoms with van der Waals surface area (Å²) in [5, 5.41) is 3.32. The van der Waals surface area contributed by atoms with Crippen molar-refractivity contribution in [3.05, 3.63) is 99.4 Å². The molecule has 0 fully saturated rings. The number of nitrogens with one attached hydrogen (secondary N) is 1. The summed E-state index contributed by atoms with van der Waals surface area (Å²) < 4.78 is 10.8. The van der Waals surface area contributed by atoms with E-state index in [-0.39, 0.29) is 33.4 Å². The fourth-order valence-electron chi connectivity index (χ4n) is 3.50. The second-order valence-corrected chi connectivity index (χ2v) is 10.7. The Morgan fingerprint density at radius 2 is 1.42 bits per heavy atom. The van der Waals surface area contributed by atoms with E-state index in [4.69, 9.17) is 26.8 Å². The van der Waals surface area contributed by atoms with Crippen LogP contribution in [-0.2, 0) is 0 Å². The number of thiophene rings is 1. The van der Waals surface area contributed by atoms with E-state index in [9.17, 15) is 14.4 Å². The van der Waals surface area contributed by atoms with E-state index < -0.39 is 5.91 Å². The van der Waals surface area contributed by atoms with Crippen LogP contribution in [0.15, 0.2) is 77.0 Å². The maximum atomic E-state index is 13.3. The second-order valence-electron chi connectivity index (χ2n) is 7.97. The van der Waals surface area contributed by atoms with Crippen molar-refractivity contribution in [2.45, 2.75) is 4.21 Å². The third-order valence-corrected chi connectivity index (χ3v) is 8.27. The molecule has 7 nitrogen and oxygen atoms in total. The molecule has 1 amide bonds. The molecule has 194 valence electrons.